The van der Waals surface area contributed by atoms with Crippen molar-refractivity contribution in [3.63, 3.8) is 0 Å². The third-order valence-electron chi connectivity index (χ3n) is 10.7. The lowest BCUT2D eigenvalue weighted by atomic mass is 9.97. The molecule has 0 bridgehead atoms. The van der Waals surface area contributed by atoms with E-state index in [-0.39, 0.29) is 9.85 Å². The van der Waals surface area contributed by atoms with Crippen LogP contribution in [0.25, 0.3) is 24.3 Å². The summed E-state index contributed by atoms with van der Waals surface area (Å²) in [5.41, 5.74) is 5.90. The van der Waals surface area contributed by atoms with E-state index in [4.69, 9.17) is 0 Å². The van der Waals surface area contributed by atoms with E-state index in [1.54, 1.807) is 12.1 Å². The van der Waals surface area contributed by atoms with Gasteiger partial charge < -0.3 is 9.80 Å². The fraction of sp³-hybridized carbons (Fsp3) is 0.500. The smallest absolute Gasteiger partial charge is 0.230 e. The Hall–Kier alpha value is -5.48. The molecule has 2 unspecified atom stereocenters. The first-order valence-corrected chi connectivity index (χ1v) is 21.5. The molecule has 10 nitrogen and oxygen atoms in total. The molecule has 3 aromatic carbocycles. The zero-order chi connectivity index (χ0) is 42.1. The van der Waals surface area contributed by atoms with Crippen LogP contribution in [0.2, 0.25) is 0 Å². The first kappa shape index (κ1) is 46.9. The highest BCUT2D eigenvalue weighted by Crippen LogP contribution is 2.25. The van der Waals surface area contributed by atoms with Gasteiger partial charge in [-0.25, -0.2) is 0 Å². The molecule has 0 spiro atoms. The minimum atomic E-state index is -0.610. The number of hydrogen-bond donors (Lipinski definition) is 0. The molecular formula is C48H64N6O4. The van der Waals surface area contributed by atoms with Crippen LogP contribution in [-0.2, 0) is 0 Å². The molecule has 0 saturated carbocycles. The van der Waals surface area contributed by atoms with Crippen LogP contribution in [-0.4, -0.2) is 48.1 Å². The van der Waals surface area contributed by atoms with Crippen LogP contribution in [0, 0.1) is 42.9 Å². The second-order valence-corrected chi connectivity index (χ2v) is 15.3. The van der Waals surface area contributed by atoms with Crippen molar-refractivity contribution >= 4 is 35.7 Å². The van der Waals surface area contributed by atoms with E-state index in [0.717, 1.165) is 113 Å². The monoisotopic (exact) mass is 788 g/mol. The number of rotatable bonds is 28. The topological polar surface area (TPSA) is 140 Å². The van der Waals surface area contributed by atoms with Crippen LogP contribution in [0.1, 0.15) is 151 Å². The van der Waals surface area contributed by atoms with Crippen molar-refractivity contribution < 1.29 is 9.85 Å². The SMILES string of the molecule is CCCCCCN(CC(CCCC)[N+](=O)[O-])c1ccc(/C=C/c2cc(C#N)c(/C=C/c3ccc(N(CCCCCC)CC(CCCC)[N+](=O)[O-])cc3)cc2C#N)cc1. The van der Waals surface area contributed by atoms with Crippen molar-refractivity contribution in [1.29, 1.82) is 10.5 Å². The van der Waals surface area contributed by atoms with E-state index in [0.29, 0.717) is 48.2 Å². The van der Waals surface area contributed by atoms with E-state index < -0.39 is 12.1 Å². The molecule has 0 radical (unpaired) electrons. The van der Waals surface area contributed by atoms with Crippen molar-refractivity contribution in [2.24, 2.45) is 0 Å². The van der Waals surface area contributed by atoms with Gasteiger partial charge in [-0.05, 0) is 84.3 Å². The molecule has 0 aromatic heterocycles. The van der Waals surface area contributed by atoms with Crippen LogP contribution < -0.4 is 9.80 Å². The number of hydrogen-bond acceptors (Lipinski definition) is 8. The lowest BCUT2D eigenvalue weighted by Gasteiger charge is -2.26. The van der Waals surface area contributed by atoms with Gasteiger partial charge in [-0.15, -0.1) is 0 Å². The molecule has 0 aliphatic carbocycles. The molecule has 310 valence electrons. The highest BCUT2D eigenvalue weighted by Gasteiger charge is 2.25. The van der Waals surface area contributed by atoms with Crippen LogP contribution in [0.5, 0.6) is 0 Å². The number of benzene rings is 3. The standard InChI is InChI=1S/C48H64N6O4/c1-5-9-13-15-31-51(37-47(53(55)56)17-11-7-3)45-27-21-39(22-28-45)19-25-41-33-44(36-50)42(34-43(41)35-49)26-20-40-23-29-46(30-24-40)52(32-16-14-10-6-2)38-48(54(57)58)18-12-8-4/h19-30,33-34,47-48H,5-18,31-32,37-38H2,1-4H3/b25-19+,26-20+. The molecule has 0 amide bonds. The summed E-state index contributed by atoms with van der Waals surface area (Å²) in [5, 5.41) is 43.9. The van der Waals surface area contributed by atoms with Gasteiger partial charge in [-0.1, -0.05) is 128 Å². The molecule has 0 aliphatic heterocycles. The summed E-state index contributed by atoms with van der Waals surface area (Å²) in [6.07, 6.45) is 20.8. The summed E-state index contributed by atoms with van der Waals surface area (Å²) in [7, 11) is 0. The number of anilines is 2. The quantitative estimate of drug-likeness (QED) is 0.0306. The first-order chi connectivity index (χ1) is 28.2. The van der Waals surface area contributed by atoms with E-state index in [2.05, 4.69) is 49.6 Å². The van der Waals surface area contributed by atoms with Crippen molar-refractivity contribution in [3.8, 4) is 12.1 Å². The largest absolute Gasteiger partial charge is 0.365 e. The molecule has 3 rings (SSSR count). The molecule has 58 heavy (non-hydrogen) atoms. The Morgan fingerprint density at radius 1 is 0.552 bits per heavy atom. The second-order valence-electron chi connectivity index (χ2n) is 15.3. The number of nitrogens with zero attached hydrogens (tertiary/aromatic N) is 6. The van der Waals surface area contributed by atoms with Gasteiger partial charge in [0.1, 0.15) is 0 Å². The van der Waals surface area contributed by atoms with Crippen LogP contribution in [0.15, 0.2) is 60.7 Å². The highest BCUT2D eigenvalue weighted by molar-refractivity contribution is 5.79. The van der Waals surface area contributed by atoms with Gasteiger partial charge in [0.25, 0.3) is 0 Å². The summed E-state index contributed by atoms with van der Waals surface area (Å²) >= 11 is 0. The molecule has 0 heterocycles. The van der Waals surface area contributed by atoms with E-state index >= 15 is 0 Å². The molecule has 10 heteroatoms. The third kappa shape index (κ3) is 15.8. The van der Waals surface area contributed by atoms with Crippen molar-refractivity contribution in [2.75, 3.05) is 36.0 Å². The Balaban J connectivity index is 1.79. The lowest BCUT2D eigenvalue weighted by Crippen LogP contribution is -2.37. The predicted molar refractivity (Wildman–Crippen MR) is 240 cm³/mol. The average Bonchev–Trinajstić information content (AvgIpc) is 3.23. The van der Waals surface area contributed by atoms with Gasteiger partial charge >= 0.3 is 0 Å². The first-order valence-electron chi connectivity index (χ1n) is 21.5. The molecule has 0 saturated heterocycles. The molecule has 0 fully saturated rings. The van der Waals surface area contributed by atoms with Crippen molar-refractivity contribution in [1.82, 2.24) is 0 Å². The van der Waals surface area contributed by atoms with E-state index in [1.807, 2.05) is 72.8 Å². The number of nitro groups is 2. The fourth-order valence-electron chi connectivity index (χ4n) is 7.09. The van der Waals surface area contributed by atoms with Crippen molar-refractivity contribution in [3.05, 3.63) is 114 Å². The zero-order valence-electron chi connectivity index (χ0n) is 35.3. The lowest BCUT2D eigenvalue weighted by molar-refractivity contribution is -0.520. The maximum absolute atomic E-state index is 11.9. The van der Waals surface area contributed by atoms with Gasteiger partial charge in [0.15, 0.2) is 0 Å². The summed E-state index contributed by atoms with van der Waals surface area (Å²) in [6, 6.07) is 22.8. The number of nitriles is 2. The van der Waals surface area contributed by atoms with Gasteiger partial charge in [0.2, 0.25) is 12.1 Å². The summed E-state index contributed by atoms with van der Waals surface area (Å²) in [4.78, 5) is 27.8. The molecule has 0 N–H and O–H groups in total. The number of unbranched alkanes of at least 4 members (excludes halogenated alkanes) is 8. The van der Waals surface area contributed by atoms with E-state index in [1.165, 1.54) is 0 Å². The van der Waals surface area contributed by atoms with Crippen LogP contribution in [0.4, 0.5) is 11.4 Å². The average molecular weight is 789 g/mol. The Kier molecular flexibility index (Phi) is 21.4. The zero-order valence-corrected chi connectivity index (χ0v) is 35.3. The Morgan fingerprint density at radius 3 is 1.22 bits per heavy atom. The van der Waals surface area contributed by atoms with Gasteiger partial charge in [0, 0.05) is 47.2 Å². The third-order valence-corrected chi connectivity index (χ3v) is 10.7. The van der Waals surface area contributed by atoms with Gasteiger partial charge in [0.05, 0.1) is 36.4 Å². The summed E-state index contributed by atoms with van der Waals surface area (Å²) in [5.74, 6) is 0. The summed E-state index contributed by atoms with van der Waals surface area (Å²) < 4.78 is 0. The minimum absolute atomic E-state index is 0.134. The minimum Gasteiger partial charge on any atom is -0.365 e. The second kappa shape index (κ2) is 26.4. The predicted octanol–water partition coefficient (Wildman–Crippen LogP) is 12.2. The Morgan fingerprint density at radius 2 is 0.914 bits per heavy atom. The fourth-order valence-corrected chi connectivity index (χ4v) is 7.09. The Bertz CT molecular complexity index is 1710. The molecule has 2 atom stereocenters. The van der Waals surface area contributed by atoms with Crippen LogP contribution >= 0.6 is 0 Å². The summed E-state index contributed by atoms with van der Waals surface area (Å²) in [6.45, 7) is 10.7. The normalized spacial score (nSPS) is 12.3. The Labute approximate surface area is 347 Å². The maximum Gasteiger partial charge on any atom is 0.230 e. The van der Waals surface area contributed by atoms with Crippen LogP contribution in [0.3, 0.4) is 0 Å². The van der Waals surface area contributed by atoms with Gasteiger partial charge in [-0.2, -0.15) is 10.5 Å². The van der Waals surface area contributed by atoms with E-state index in [9.17, 15) is 30.8 Å². The molecular weight excluding hydrogens is 725 g/mol. The van der Waals surface area contributed by atoms with Gasteiger partial charge in [-0.3, -0.25) is 20.2 Å². The highest BCUT2D eigenvalue weighted by atomic mass is 16.6. The molecule has 0 aliphatic rings. The maximum atomic E-state index is 11.9. The molecule has 3 aromatic rings. The van der Waals surface area contributed by atoms with Crippen molar-refractivity contribution in [2.45, 2.75) is 130 Å².